The monoisotopic (exact) mass is 197 g/mol. The van der Waals surface area contributed by atoms with Crippen LogP contribution in [-0.4, -0.2) is 27.7 Å². The largest absolute Gasteiger partial charge is 0.464 e. The van der Waals surface area contributed by atoms with Crippen molar-refractivity contribution in [2.24, 2.45) is 0 Å². The summed E-state index contributed by atoms with van der Waals surface area (Å²) in [4.78, 5) is 15.9. The molecular weight excluding hydrogens is 190 g/mol. The van der Waals surface area contributed by atoms with Gasteiger partial charge in [-0.05, 0) is 6.92 Å². The number of esters is 1. The van der Waals surface area contributed by atoms with Crippen LogP contribution in [-0.2, 0) is 4.74 Å². The molecule has 0 aliphatic heterocycles. The quantitative estimate of drug-likeness (QED) is 0.637. The Labute approximate surface area is 78.0 Å². The van der Waals surface area contributed by atoms with Crippen molar-refractivity contribution < 1.29 is 9.53 Å². The van der Waals surface area contributed by atoms with Gasteiger partial charge in [0.05, 0.1) is 19.0 Å². The number of hydrogen-bond acceptors (Lipinski definition) is 5. The number of ether oxygens (including phenoxy) is 1. The van der Waals surface area contributed by atoms with Gasteiger partial charge in [-0.25, -0.2) is 14.3 Å². The van der Waals surface area contributed by atoms with Crippen LogP contribution < -0.4 is 0 Å². The van der Waals surface area contributed by atoms with E-state index in [1.807, 2.05) is 6.92 Å². The fourth-order valence-electron chi connectivity index (χ4n) is 0.979. The van der Waals surface area contributed by atoms with Crippen LogP contribution in [0.5, 0.6) is 0 Å². The lowest BCUT2D eigenvalue weighted by molar-refractivity contribution is 0.0599. The zero-order valence-electron chi connectivity index (χ0n) is 7.14. The summed E-state index contributed by atoms with van der Waals surface area (Å²) in [6.45, 7) is 1.87. The van der Waals surface area contributed by atoms with Crippen LogP contribution in [0.2, 0.25) is 0 Å². The van der Waals surface area contributed by atoms with Gasteiger partial charge in [-0.3, -0.25) is 0 Å². The molecular formula is C7H7N3O2S. The Morgan fingerprint density at radius 3 is 3.08 bits per heavy atom. The molecule has 0 unspecified atom stereocenters. The second kappa shape index (κ2) is 2.81. The number of rotatable bonds is 1. The maximum absolute atomic E-state index is 11.1. The minimum atomic E-state index is -0.423. The molecule has 5 nitrogen and oxygen atoms in total. The molecule has 0 fully saturated rings. The average Bonchev–Trinajstić information content (AvgIpc) is 2.59. The molecule has 2 aromatic rings. The molecule has 0 radical (unpaired) electrons. The predicted octanol–water partition coefficient (Wildman–Crippen LogP) is 0.886. The molecule has 6 heteroatoms. The molecule has 0 N–H and O–H groups in total. The lowest BCUT2D eigenvalue weighted by Gasteiger charge is -1.89. The molecule has 68 valence electrons. The summed E-state index contributed by atoms with van der Waals surface area (Å²) in [5.41, 5.74) is 0.884. The normalized spacial score (nSPS) is 10.6. The molecule has 0 aromatic carbocycles. The topological polar surface area (TPSA) is 56.5 Å². The maximum Gasteiger partial charge on any atom is 0.369 e. The van der Waals surface area contributed by atoms with Crippen molar-refractivity contribution in [3.05, 3.63) is 16.9 Å². The number of hydrogen-bond donors (Lipinski definition) is 0. The minimum absolute atomic E-state index is 0.324. The summed E-state index contributed by atoms with van der Waals surface area (Å²) in [5.74, 6) is -0.423. The van der Waals surface area contributed by atoms with Crippen LogP contribution in [0.3, 0.4) is 0 Å². The highest BCUT2D eigenvalue weighted by Gasteiger charge is 2.13. The van der Waals surface area contributed by atoms with Crippen LogP contribution in [0.15, 0.2) is 6.20 Å². The van der Waals surface area contributed by atoms with Gasteiger partial charge in [-0.2, -0.15) is 0 Å². The molecule has 0 aliphatic rings. The lowest BCUT2D eigenvalue weighted by Crippen LogP contribution is -2.00. The molecule has 2 rings (SSSR count). The highest BCUT2D eigenvalue weighted by Crippen LogP contribution is 2.14. The number of aryl methyl sites for hydroxylation is 1. The highest BCUT2D eigenvalue weighted by molar-refractivity contribution is 7.18. The molecule has 13 heavy (non-hydrogen) atoms. The molecule has 0 atom stereocenters. The number of imidazole rings is 1. The van der Waals surface area contributed by atoms with Crippen molar-refractivity contribution in [3.8, 4) is 0 Å². The molecule has 0 amide bonds. The van der Waals surface area contributed by atoms with Gasteiger partial charge in [0.15, 0.2) is 0 Å². The van der Waals surface area contributed by atoms with Crippen LogP contribution in [0, 0.1) is 6.92 Å². The maximum atomic E-state index is 11.1. The summed E-state index contributed by atoms with van der Waals surface area (Å²) in [6, 6.07) is 0. The SMILES string of the molecule is COC(=O)c1nn2cc(C)nc2s1. The van der Waals surface area contributed by atoms with Crippen molar-refractivity contribution >= 4 is 22.3 Å². The van der Waals surface area contributed by atoms with Gasteiger partial charge in [-0.15, -0.1) is 5.10 Å². The van der Waals surface area contributed by atoms with E-state index in [2.05, 4.69) is 14.8 Å². The number of fused-ring (bicyclic) bond motifs is 1. The van der Waals surface area contributed by atoms with E-state index < -0.39 is 5.97 Å². The molecule has 0 spiro atoms. The minimum Gasteiger partial charge on any atom is -0.464 e. The van der Waals surface area contributed by atoms with Crippen LogP contribution >= 0.6 is 11.3 Å². The summed E-state index contributed by atoms with van der Waals surface area (Å²) < 4.78 is 6.11. The number of carbonyl (C=O) groups is 1. The van der Waals surface area contributed by atoms with Crippen molar-refractivity contribution in [3.63, 3.8) is 0 Å². The first-order chi connectivity index (χ1) is 6.20. The zero-order chi connectivity index (χ0) is 9.42. The lowest BCUT2D eigenvalue weighted by atomic mass is 10.6. The first-order valence-corrected chi connectivity index (χ1v) is 4.43. The summed E-state index contributed by atoms with van der Waals surface area (Å²) in [6.07, 6.45) is 1.76. The Balaban J connectivity index is 2.51. The van der Waals surface area contributed by atoms with E-state index in [-0.39, 0.29) is 0 Å². The second-order valence-corrected chi connectivity index (χ2v) is 3.46. The first-order valence-electron chi connectivity index (χ1n) is 3.62. The number of aromatic nitrogens is 3. The third-order valence-corrected chi connectivity index (χ3v) is 2.43. The fourth-order valence-corrected chi connectivity index (χ4v) is 1.82. The van der Waals surface area contributed by atoms with Crippen LogP contribution in [0.25, 0.3) is 4.96 Å². The highest BCUT2D eigenvalue weighted by atomic mass is 32.1. The van der Waals surface area contributed by atoms with Crippen molar-refractivity contribution in [2.45, 2.75) is 6.92 Å². The third kappa shape index (κ3) is 1.29. The zero-order valence-corrected chi connectivity index (χ0v) is 7.96. The number of carbonyl (C=O) groups excluding carboxylic acids is 1. The molecule has 0 saturated heterocycles. The Bertz CT molecular complexity index is 428. The van der Waals surface area contributed by atoms with Gasteiger partial charge in [-0.1, -0.05) is 11.3 Å². The predicted molar refractivity (Wildman–Crippen MR) is 46.9 cm³/mol. The third-order valence-electron chi connectivity index (χ3n) is 1.52. The molecule has 0 saturated carbocycles. The Hall–Kier alpha value is -1.43. The molecule has 0 bridgehead atoms. The fraction of sp³-hybridized carbons (Fsp3) is 0.286. The van der Waals surface area contributed by atoms with Gasteiger partial charge < -0.3 is 4.74 Å². The van der Waals surface area contributed by atoms with E-state index in [9.17, 15) is 4.79 Å². The number of nitrogens with zero attached hydrogens (tertiary/aromatic N) is 3. The van der Waals surface area contributed by atoms with Crippen molar-refractivity contribution in [2.75, 3.05) is 7.11 Å². The van der Waals surface area contributed by atoms with Gasteiger partial charge in [0, 0.05) is 0 Å². The number of methoxy groups -OCH3 is 1. The van der Waals surface area contributed by atoms with E-state index in [4.69, 9.17) is 0 Å². The van der Waals surface area contributed by atoms with Crippen LogP contribution in [0.4, 0.5) is 0 Å². The van der Waals surface area contributed by atoms with E-state index in [0.29, 0.717) is 9.97 Å². The smallest absolute Gasteiger partial charge is 0.369 e. The van der Waals surface area contributed by atoms with Crippen molar-refractivity contribution in [1.82, 2.24) is 14.6 Å². The van der Waals surface area contributed by atoms with Crippen LogP contribution in [0.1, 0.15) is 15.5 Å². The Kier molecular flexibility index (Phi) is 1.77. The average molecular weight is 197 g/mol. The van der Waals surface area contributed by atoms with Gasteiger partial charge >= 0.3 is 5.97 Å². The second-order valence-electron chi connectivity index (χ2n) is 2.51. The molecule has 2 aromatic heterocycles. The van der Waals surface area contributed by atoms with E-state index in [1.54, 1.807) is 10.7 Å². The van der Waals surface area contributed by atoms with Crippen molar-refractivity contribution in [1.29, 1.82) is 0 Å². The van der Waals surface area contributed by atoms with Gasteiger partial charge in [0.1, 0.15) is 0 Å². The summed E-state index contributed by atoms with van der Waals surface area (Å²) in [7, 11) is 1.33. The van der Waals surface area contributed by atoms with E-state index in [1.165, 1.54) is 18.4 Å². The standard InChI is InChI=1S/C7H7N3O2S/c1-4-3-10-7(8-4)13-5(9-10)6(11)12-2/h3H,1-2H3. The Morgan fingerprint density at radius 2 is 2.46 bits per heavy atom. The van der Waals surface area contributed by atoms with Gasteiger partial charge in [0.25, 0.3) is 0 Å². The van der Waals surface area contributed by atoms with E-state index >= 15 is 0 Å². The summed E-state index contributed by atoms with van der Waals surface area (Å²) >= 11 is 1.22. The molecule has 0 aliphatic carbocycles. The first kappa shape index (κ1) is 8.18. The van der Waals surface area contributed by atoms with Gasteiger partial charge in [0.2, 0.25) is 9.97 Å². The Morgan fingerprint density at radius 1 is 1.69 bits per heavy atom. The van der Waals surface area contributed by atoms with E-state index in [0.717, 1.165) is 5.69 Å². The summed E-state index contributed by atoms with van der Waals surface area (Å²) in [5, 5.41) is 4.33. The molecule has 2 heterocycles.